The quantitative estimate of drug-likeness (QED) is 0.770. The molecule has 0 aliphatic carbocycles. The van der Waals surface area contributed by atoms with Crippen LogP contribution in [0.3, 0.4) is 0 Å². The van der Waals surface area contributed by atoms with Crippen molar-refractivity contribution in [3.05, 3.63) is 47.9 Å². The number of nitrogens with one attached hydrogen (secondary N) is 1. The van der Waals surface area contributed by atoms with Crippen molar-refractivity contribution < 1.29 is 0 Å². The van der Waals surface area contributed by atoms with Crippen molar-refractivity contribution in [2.24, 2.45) is 7.05 Å². The van der Waals surface area contributed by atoms with Crippen LogP contribution in [0.1, 0.15) is 18.3 Å². The molecular formula is C15H19N5. The van der Waals surface area contributed by atoms with Gasteiger partial charge in [-0.25, -0.2) is 0 Å². The Bertz CT molecular complexity index is 710. The molecule has 0 saturated carbocycles. The third-order valence-electron chi connectivity index (χ3n) is 3.40. The number of rotatable bonds is 5. The number of hydrogen-bond donors (Lipinski definition) is 1. The fraction of sp³-hybridized carbons (Fsp3) is 0.333. The Balaban J connectivity index is 1.84. The van der Waals surface area contributed by atoms with Crippen LogP contribution >= 0.6 is 0 Å². The molecule has 2 aromatic heterocycles. The molecule has 0 aliphatic heterocycles. The Morgan fingerprint density at radius 2 is 2.00 bits per heavy atom. The zero-order valence-electron chi connectivity index (χ0n) is 11.9. The molecule has 0 fully saturated rings. The van der Waals surface area contributed by atoms with Gasteiger partial charge in [-0.3, -0.25) is 9.36 Å². The van der Waals surface area contributed by atoms with Gasteiger partial charge in [-0.1, -0.05) is 25.1 Å². The van der Waals surface area contributed by atoms with Crippen molar-refractivity contribution >= 4 is 10.9 Å². The van der Waals surface area contributed by atoms with E-state index in [0.29, 0.717) is 6.54 Å². The predicted octanol–water partition coefficient (Wildman–Crippen LogP) is 1.93. The highest BCUT2D eigenvalue weighted by Crippen LogP contribution is 2.18. The molecule has 104 valence electrons. The minimum absolute atomic E-state index is 0.702. The summed E-state index contributed by atoms with van der Waals surface area (Å²) in [7, 11) is 1.98. The van der Waals surface area contributed by atoms with Crippen molar-refractivity contribution in [3.8, 4) is 0 Å². The molecule has 20 heavy (non-hydrogen) atoms. The summed E-state index contributed by atoms with van der Waals surface area (Å²) in [4.78, 5) is 0. The highest BCUT2D eigenvalue weighted by molar-refractivity contribution is 5.81. The van der Waals surface area contributed by atoms with Crippen molar-refractivity contribution in [2.75, 3.05) is 6.54 Å². The van der Waals surface area contributed by atoms with Gasteiger partial charge in [0.25, 0.3) is 0 Å². The highest BCUT2D eigenvalue weighted by Gasteiger charge is 2.09. The summed E-state index contributed by atoms with van der Waals surface area (Å²) >= 11 is 0. The first-order chi connectivity index (χ1) is 9.78. The van der Waals surface area contributed by atoms with Crippen molar-refractivity contribution in [1.82, 2.24) is 24.9 Å². The average Bonchev–Trinajstić information content (AvgIpc) is 3.03. The van der Waals surface area contributed by atoms with Crippen LogP contribution in [0.15, 0.2) is 36.5 Å². The molecule has 0 bridgehead atoms. The van der Waals surface area contributed by atoms with Crippen LogP contribution in [0.4, 0.5) is 0 Å². The summed E-state index contributed by atoms with van der Waals surface area (Å²) in [6.45, 7) is 4.56. The number of aromatic nitrogens is 4. The maximum atomic E-state index is 4.60. The largest absolute Gasteiger partial charge is 0.311 e. The second kappa shape index (κ2) is 5.46. The van der Waals surface area contributed by atoms with Gasteiger partial charge in [-0.15, -0.1) is 0 Å². The first-order valence-electron chi connectivity index (χ1n) is 6.91. The summed E-state index contributed by atoms with van der Waals surface area (Å²) in [5.41, 5.74) is 3.27. The molecule has 3 aromatic rings. The van der Waals surface area contributed by atoms with Gasteiger partial charge in [-0.2, -0.15) is 10.2 Å². The van der Waals surface area contributed by atoms with Gasteiger partial charge in [0.15, 0.2) is 0 Å². The molecule has 0 spiro atoms. The minimum Gasteiger partial charge on any atom is -0.311 e. The van der Waals surface area contributed by atoms with Gasteiger partial charge in [0.1, 0.15) is 0 Å². The molecule has 3 rings (SSSR count). The van der Waals surface area contributed by atoms with Gasteiger partial charge >= 0.3 is 0 Å². The first-order valence-corrected chi connectivity index (χ1v) is 6.91. The minimum atomic E-state index is 0.702. The normalized spacial score (nSPS) is 11.3. The molecule has 1 N–H and O–H groups in total. The molecule has 0 amide bonds. The molecule has 0 aliphatic rings. The molecule has 5 heteroatoms. The summed E-state index contributed by atoms with van der Waals surface area (Å²) in [6, 6.07) is 10.3. The molecular weight excluding hydrogens is 250 g/mol. The number of hydrogen-bond acceptors (Lipinski definition) is 3. The second-order valence-electron chi connectivity index (χ2n) is 4.87. The van der Waals surface area contributed by atoms with Gasteiger partial charge in [0.2, 0.25) is 0 Å². The van der Waals surface area contributed by atoms with Gasteiger partial charge < -0.3 is 5.32 Å². The molecule has 0 atom stereocenters. The lowest BCUT2D eigenvalue weighted by Crippen LogP contribution is -2.12. The van der Waals surface area contributed by atoms with Crippen LogP contribution in [0.2, 0.25) is 0 Å². The van der Waals surface area contributed by atoms with Gasteiger partial charge in [-0.05, 0) is 18.7 Å². The average molecular weight is 269 g/mol. The smallest absolute Gasteiger partial charge is 0.0918 e. The lowest BCUT2D eigenvalue weighted by atomic mass is 10.2. The van der Waals surface area contributed by atoms with Crippen LogP contribution in [-0.2, 0) is 20.1 Å². The maximum absolute atomic E-state index is 4.60. The lowest BCUT2D eigenvalue weighted by Gasteiger charge is -1.99. The van der Waals surface area contributed by atoms with E-state index in [2.05, 4.69) is 34.6 Å². The van der Waals surface area contributed by atoms with E-state index in [1.54, 1.807) is 0 Å². The van der Waals surface area contributed by atoms with E-state index in [1.165, 1.54) is 5.39 Å². The topological polar surface area (TPSA) is 47.7 Å². The van der Waals surface area contributed by atoms with E-state index in [0.717, 1.165) is 30.0 Å². The van der Waals surface area contributed by atoms with Crippen molar-refractivity contribution in [2.45, 2.75) is 20.0 Å². The van der Waals surface area contributed by atoms with Crippen molar-refractivity contribution in [1.29, 1.82) is 0 Å². The Morgan fingerprint density at radius 1 is 1.15 bits per heavy atom. The van der Waals surface area contributed by atoms with Gasteiger partial charge in [0, 0.05) is 25.2 Å². The van der Waals surface area contributed by atoms with Crippen LogP contribution < -0.4 is 5.32 Å². The third kappa shape index (κ3) is 2.44. The number of nitrogens with zero attached hydrogens (tertiary/aromatic N) is 4. The second-order valence-corrected chi connectivity index (χ2v) is 4.87. The number of fused-ring (bicyclic) bond motifs is 1. The van der Waals surface area contributed by atoms with Crippen molar-refractivity contribution in [3.63, 3.8) is 0 Å². The predicted molar refractivity (Wildman–Crippen MR) is 79.4 cm³/mol. The SMILES string of the molecule is CCNCc1ccn(Cc2nn(C)c3ccccc23)n1. The summed E-state index contributed by atoms with van der Waals surface area (Å²) in [5.74, 6) is 0. The fourth-order valence-corrected chi connectivity index (χ4v) is 2.40. The zero-order chi connectivity index (χ0) is 13.9. The molecule has 2 heterocycles. The summed E-state index contributed by atoms with van der Waals surface area (Å²) < 4.78 is 3.87. The summed E-state index contributed by atoms with van der Waals surface area (Å²) in [5, 5.41) is 13.6. The van der Waals surface area contributed by atoms with E-state index in [-0.39, 0.29) is 0 Å². The lowest BCUT2D eigenvalue weighted by molar-refractivity contribution is 0.628. The van der Waals surface area contributed by atoms with E-state index in [4.69, 9.17) is 0 Å². The van der Waals surface area contributed by atoms with Crippen LogP contribution in [-0.4, -0.2) is 26.1 Å². The first kappa shape index (κ1) is 12.9. The fourth-order valence-electron chi connectivity index (χ4n) is 2.40. The van der Waals surface area contributed by atoms with Crippen LogP contribution in [0.25, 0.3) is 10.9 Å². The highest BCUT2D eigenvalue weighted by atomic mass is 15.3. The zero-order valence-corrected chi connectivity index (χ0v) is 11.9. The van der Waals surface area contributed by atoms with E-state index in [1.807, 2.05) is 40.8 Å². The van der Waals surface area contributed by atoms with E-state index >= 15 is 0 Å². The maximum Gasteiger partial charge on any atom is 0.0918 e. The summed E-state index contributed by atoms with van der Waals surface area (Å²) in [6.07, 6.45) is 2.01. The molecule has 0 unspecified atom stereocenters. The third-order valence-corrected chi connectivity index (χ3v) is 3.40. The molecule has 0 saturated heterocycles. The monoisotopic (exact) mass is 269 g/mol. The van der Waals surface area contributed by atoms with Crippen LogP contribution in [0.5, 0.6) is 0 Å². The van der Waals surface area contributed by atoms with E-state index in [9.17, 15) is 0 Å². The number of benzene rings is 1. The Labute approximate surface area is 118 Å². The van der Waals surface area contributed by atoms with Gasteiger partial charge in [0.05, 0.1) is 23.4 Å². The Morgan fingerprint density at radius 3 is 2.85 bits per heavy atom. The molecule has 5 nitrogen and oxygen atoms in total. The Hall–Kier alpha value is -2.14. The molecule has 1 aromatic carbocycles. The van der Waals surface area contributed by atoms with E-state index < -0.39 is 0 Å². The number of aryl methyl sites for hydroxylation is 1. The number of para-hydroxylation sites is 1. The van der Waals surface area contributed by atoms with Crippen LogP contribution in [0, 0.1) is 0 Å². The standard InChI is InChI=1S/C15H19N5/c1-3-16-10-12-8-9-20(17-12)11-14-13-6-4-5-7-15(13)19(2)18-14/h4-9,16H,3,10-11H2,1-2H3. The molecule has 0 radical (unpaired) electrons. The Kier molecular flexibility index (Phi) is 3.52.